The molecule has 8 heteroatoms. The summed E-state index contributed by atoms with van der Waals surface area (Å²) in [5.41, 5.74) is 12.8. The molecule has 1 fully saturated rings. The van der Waals surface area contributed by atoms with E-state index in [4.69, 9.17) is 11.5 Å². The number of halogens is 1. The number of nitrogens with two attached hydrogens (primary N) is 2. The number of allylic oxidation sites excluding steroid dienone is 2. The molecule has 1 saturated heterocycles. The molecule has 3 rings (SSSR count). The first-order valence-corrected chi connectivity index (χ1v) is 11.0. The highest BCUT2D eigenvalue weighted by Crippen LogP contribution is 2.33. The third-order valence-corrected chi connectivity index (χ3v) is 6.02. The maximum Gasteiger partial charge on any atom is 0.248 e. The van der Waals surface area contributed by atoms with E-state index in [1.165, 1.54) is 30.5 Å². The Kier molecular flexibility index (Phi) is 6.61. The highest BCUT2D eigenvalue weighted by atomic mass is 19.1. The third kappa shape index (κ3) is 5.76. The summed E-state index contributed by atoms with van der Waals surface area (Å²) in [4.78, 5) is 16.0. The molecule has 0 aliphatic carbocycles. The van der Waals surface area contributed by atoms with E-state index in [0.29, 0.717) is 16.9 Å². The van der Waals surface area contributed by atoms with Crippen LogP contribution in [0.5, 0.6) is 5.75 Å². The van der Waals surface area contributed by atoms with Gasteiger partial charge in [-0.1, -0.05) is 0 Å². The molecule has 0 spiro atoms. The van der Waals surface area contributed by atoms with Crippen LogP contribution in [0.25, 0.3) is 16.8 Å². The van der Waals surface area contributed by atoms with Crippen LogP contribution in [-0.2, 0) is 0 Å². The summed E-state index contributed by atoms with van der Waals surface area (Å²) in [6.45, 7) is 8.70. The molecule has 33 heavy (non-hydrogen) atoms. The highest BCUT2D eigenvalue weighted by molar-refractivity contribution is 5.74. The van der Waals surface area contributed by atoms with Crippen molar-refractivity contribution in [3.05, 3.63) is 70.2 Å². The Bertz CT molecular complexity index is 1110. The molecule has 1 aliphatic heterocycles. The van der Waals surface area contributed by atoms with Crippen molar-refractivity contribution in [2.24, 2.45) is 11.5 Å². The predicted molar refractivity (Wildman–Crippen MR) is 131 cm³/mol. The van der Waals surface area contributed by atoms with Gasteiger partial charge in [-0.15, -0.1) is 0 Å². The smallest absolute Gasteiger partial charge is 0.248 e. The van der Waals surface area contributed by atoms with Crippen molar-refractivity contribution in [3.63, 3.8) is 0 Å². The summed E-state index contributed by atoms with van der Waals surface area (Å²) in [6, 6.07) is 5.79. The van der Waals surface area contributed by atoms with E-state index in [1.54, 1.807) is 12.1 Å². The van der Waals surface area contributed by atoms with E-state index in [1.807, 2.05) is 11.9 Å². The van der Waals surface area contributed by atoms with E-state index >= 15 is 0 Å². The molecule has 178 valence electrons. The Labute approximate surface area is 194 Å². The molecule has 1 aromatic heterocycles. The second kappa shape index (κ2) is 8.94. The van der Waals surface area contributed by atoms with Crippen molar-refractivity contribution < 1.29 is 9.50 Å². The minimum absolute atomic E-state index is 0.0316. The van der Waals surface area contributed by atoms with Crippen LogP contribution < -0.4 is 22.3 Å². The normalized spacial score (nSPS) is 18.8. The SMILES string of the molecule is CN(/C(N)=C/C=C(\N)c1c(O)cc(-c2cc[nH]c(=O)c2)cc1F)C1CC(C)(C)NC(C)(C)C1. The Morgan fingerprint density at radius 2 is 1.76 bits per heavy atom. The first-order valence-electron chi connectivity index (χ1n) is 11.0. The zero-order chi connectivity index (χ0) is 24.6. The lowest BCUT2D eigenvalue weighted by molar-refractivity contribution is 0.0981. The van der Waals surface area contributed by atoms with Crippen molar-refractivity contribution >= 4 is 5.70 Å². The second-order valence-electron chi connectivity index (χ2n) is 10.1. The van der Waals surface area contributed by atoms with Gasteiger partial charge in [-0.25, -0.2) is 4.39 Å². The molecule has 7 N–H and O–H groups in total. The first-order chi connectivity index (χ1) is 15.3. The van der Waals surface area contributed by atoms with Gasteiger partial charge in [-0.2, -0.15) is 0 Å². The van der Waals surface area contributed by atoms with Gasteiger partial charge in [-0.05, 0) is 82.0 Å². The number of pyridine rings is 1. The van der Waals surface area contributed by atoms with Gasteiger partial charge in [0.2, 0.25) is 5.56 Å². The molecular weight excluding hydrogens is 421 g/mol. The van der Waals surface area contributed by atoms with Crippen LogP contribution in [0.2, 0.25) is 0 Å². The van der Waals surface area contributed by atoms with E-state index < -0.39 is 5.82 Å². The first kappa shape index (κ1) is 24.4. The van der Waals surface area contributed by atoms with Gasteiger partial charge in [0.1, 0.15) is 11.6 Å². The summed E-state index contributed by atoms with van der Waals surface area (Å²) >= 11 is 0. The number of hydrogen-bond acceptors (Lipinski definition) is 6. The average Bonchev–Trinajstić information content (AvgIpc) is 2.68. The van der Waals surface area contributed by atoms with Gasteiger partial charge in [0.15, 0.2) is 0 Å². The van der Waals surface area contributed by atoms with E-state index in [0.717, 1.165) is 12.8 Å². The quantitative estimate of drug-likeness (QED) is 0.442. The lowest BCUT2D eigenvalue weighted by Crippen LogP contribution is -2.61. The maximum absolute atomic E-state index is 14.9. The Morgan fingerprint density at radius 1 is 1.12 bits per heavy atom. The van der Waals surface area contributed by atoms with Gasteiger partial charge < -0.3 is 31.8 Å². The molecule has 7 nitrogen and oxygen atoms in total. The molecule has 2 aromatic rings. The Balaban J connectivity index is 1.84. The number of hydrogen-bond donors (Lipinski definition) is 5. The van der Waals surface area contributed by atoms with Crippen LogP contribution in [0.15, 0.2) is 53.2 Å². The minimum atomic E-state index is -0.693. The number of nitrogens with one attached hydrogen (secondary N) is 2. The molecule has 0 unspecified atom stereocenters. The predicted octanol–water partition coefficient (Wildman–Crippen LogP) is 3.23. The largest absolute Gasteiger partial charge is 0.507 e. The van der Waals surface area contributed by atoms with Crippen molar-refractivity contribution in [1.82, 2.24) is 15.2 Å². The fourth-order valence-corrected chi connectivity index (χ4v) is 4.80. The second-order valence-corrected chi connectivity index (χ2v) is 10.1. The lowest BCUT2D eigenvalue weighted by atomic mass is 9.79. The van der Waals surface area contributed by atoms with Crippen molar-refractivity contribution in [3.8, 4) is 16.9 Å². The van der Waals surface area contributed by atoms with Crippen LogP contribution in [-0.4, -0.2) is 39.2 Å². The highest BCUT2D eigenvalue weighted by Gasteiger charge is 2.39. The number of piperidine rings is 1. The fourth-order valence-electron chi connectivity index (χ4n) is 4.80. The number of benzene rings is 1. The van der Waals surface area contributed by atoms with Crippen molar-refractivity contribution in [2.75, 3.05) is 7.05 Å². The Hall–Kier alpha value is -3.26. The van der Waals surface area contributed by atoms with Crippen LogP contribution in [0.1, 0.15) is 46.1 Å². The summed E-state index contributed by atoms with van der Waals surface area (Å²) < 4.78 is 14.9. The third-order valence-electron chi connectivity index (χ3n) is 6.02. The molecule has 1 aliphatic rings. The molecule has 0 atom stereocenters. The van der Waals surface area contributed by atoms with Crippen LogP contribution >= 0.6 is 0 Å². The van der Waals surface area contributed by atoms with Crippen LogP contribution in [0.4, 0.5) is 4.39 Å². The van der Waals surface area contributed by atoms with Gasteiger partial charge in [0.05, 0.1) is 11.4 Å². The zero-order valence-electron chi connectivity index (χ0n) is 19.9. The number of rotatable bonds is 5. The van der Waals surface area contributed by atoms with Gasteiger partial charge in [0, 0.05) is 42.1 Å². The van der Waals surface area contributed by atoms with E-state index in [-0.39, 0.29) is 39.7 Å². The molecule has 1 aromatic carbocycles. The maximum atomic E-state index is 14.9. The summed E-state index contributed by atoms with van der Waals surface area (Å²) in [5.74, 6) is -0.515. The standard InChI is InChI=1S/C25H34FN5O2/c1-24(2)13-17(14-25(3,4)30-24)31(5)21(28)7-6-19(27)23-18(26)10-16(11-20(23)32)15-8-9-29-22(33)12-15/h6-12,17,30,32H,13-14,27-28H2,1-5H3,(H,29,33)/b19-6-,21-7+. The number of phenolic OH excluding ortho intramolecular Hbond substituents is 1. The summed E-state index contributed by atoms with van der Waals surface area (Å²) in [7, 11) is 1.94. The molecule has 0 saturated carbocycles. The minimum Gasteiger partial charge on any atom is -0.507 e. The molecule has 2 heterocycles. The summed E-state index contributed by atoms with van der Waals surface area (Å²) in [5, 5.41) is 14.1. The van der Waals surface area contributed by atoms with Crippen molar-refractivity contribution in [1.29, 1.82) is 0 Å². The average molecular weight is 456 g/mol. The van der Waals surface area contributed by atoms with Gasteiger partial charge in [0.25, 0.3) is 0 Å². The van der Waals surface area contributed by atoms with Crippen LogP contribution in [0, 0.1) is 5.82 Å². The number of nitrogens with zero attached hydrogens (tertiary/aromatic N) is 1. The Morgan fingerprint density at radius 3 is 2.33 bits per heavy atom. The number of phenols is 1. The molecule has 0 amide bonds. The number of aromatic hydroxyl groups is 1. The van der Waals surface area contributed by atoms with E-state index in [9.17, 15) is 14.3 Å². The topological polar surface area (TPSA) is 120 Å². The zero-order valence-corrected chi connectivity index (χ0v) is 19.9. The fraction of sp³-hybridized carbons (Fsp3) is 0.400. The molecule has 0 bridgehead atoms. The molecule has 0 radical (unpaired) electrons. The number of aromatic amines is 1. The van der Waals surface area contributed by atoms with Gasteiger partial charge in [-0.3, -0.25) is 4.79 Å². The van der Waals surface area contributed by atoms with Gasteiger partial charge >= 0.3 is 0 Å². The molecular formula is C25H34FN5O2. The number of H-pyrrole nitrogens is 1. The summed E-state index contributed by atoms with van der Waals surface area (Å²) in [6.07, 6.45) is 6.42. The van der Waals surface area contributed by atoms with Crippen LogP contribution in [0.3, 0.4) is 0 Å². The monoisotopic (exact) mass is 455 g/mol. The number of aromatic nitrogens is 1. The van der Waals surface area contributed by atoms with Crippen molar-refractivity contribution in [2.45, 2.75) is 57.7 Å². The van der Waals surface area contributed by atoms with E-state index in [2.05, 4.69) is 38.0 Å². The lowest BCUT2D eigenvalue weighted by Gasteiger charge is -2.49.